The van der Waals surface area contributed by atoms with Crippen molar-refractivity contribution in [2.75, 3.05) is 6.61 Å². The van der Waals surface area contributed by atoms with E-state index in [1.807, 2.05) is 0 Å². The molecule has 2 heterocycles. The van der Waals surface area contributed by atoms with E-state index in [1.165, 1.54) is 6.92 Å². The van der Waals surface area contributed by atoms with Crippen LogP contribution in [-0.4, -0.2) is 89.4 Å². The minimum absolute atomic E-state index is 0.00419. The van der Waals surface area contributed by atoms with Crippen molar-refractivity contribution in [2.45, 2.75) is 116 Å². The number of carbonyl (C=O) groups excluding carboxylic acids is 5. The second-order valence-electron chi connectivity index (χ2n) is 13.7. The van der Waals surface area contributed by atoms with E-state index in [0.717, 1.165) is 0 Å². The number of carboxylic acids is 1. The fraction of sp³-hybridized carbons (Fsp3) is 0.559. The summed E-state index contributed by atoms with van der Waals surface area (Å²) in [4.78, 5) is 81.0. The molecule has 2 bridgehead atoms. The second-order valence-corrected chi connectivity index (χ2v) is 13.7. The minimum Gasteiger partial charge on any atom is -0.490 e. The number of aliphatic carboxylic acids is 1. The number of aliphatic imine (C=N–C) groups is 1. The van der Waals surface area contributed by atoms with Crippen molar-refractivity contribution in [3.8, 4) is 5.75 Å². The van der Waals surface area contributed by atoms with Gasteiger partial charge < -0.3 is 35.3 Å². The maximum absolute atomic E-state index is 13.6. The van der Waals surface area contributed by atoms with Gasteiger partial charge in [0.05, 0.1) is 0 Å². The second kappa shape index (κ2) is 18.0. The van der Waals surface area contributed by atoms with E-state index >= 15 is 0 Å². The molecule has 2 aliphatic rings. The molecule has 0 saturated heterocycles. The van der Waals surface area contributed by atoms with E-state index in [4.69, 9.17) is 14.2 Å². The maximum atomic E-state index is 13.6. The zero-order chi connectivity index (χ0) is 37.7. The molecule has 1 aromatic rings. The summed E-state index contributed by atoms with van der Waals surface area (Å²) < 4.78 is 16.4. The van der Waals surface area contributed by atoms with Gasteiger partial charge in [0.1, 0.15) is 41.7 Å². The highest BCUT2D eigenvalue weighted by Crippen LogP contribution is 2.19. The zero-order valence-electron chi connectivity index (χ0n) is 29.7. The zero-order valence-corrected chi connectivity index (χ0v) is 29.7. The van der Waals surface area contributed by atoms with Crippen LogP contribution in [0.3, 0.4) is 0 Å². The van der Waals surface area contributed by atoms with E-state index in [-0.39, 0.29) is 38.7 Å². The summed E-state index contributed by atoms with van der Waals surface area (Å²) >= 11 is 0. The van der Waals surface area contributed by atoms with E-state index in [9.17, 15) is 33.9 Å². The average molecular weight is 703 g/mol. The molecule has 6 N–H and O–H groups in total. The van der Waals surface area contributed by atoms with Crippen LogP contribution in [0.4, 0.5) is 9.59 Å². The van der Waals surface area contributed by atoms with Crippen LogP contribution in [0, 0.1) is 0 Å². The van der Waals surface area contributed by atoms with Crippen LogP contribution in [0.5, 0.6) is 5.75 Å². The lowest BCUT2D eigenvalue weighted by molar-refractivity contribution is -0.142. The van der Waals surface area contributed by atoms with Crippen molar-refractivity contribution in [2.24, 2.45) is 4.99 Å². The number of amides is 5. The Morgan fingerprint density at radius 1 is 0.940 bits per heavy atom. The molecule has 1 aromatic carbocycles. The first-order valence-corrected chi connectivity index (χ1v) is 16.2. The van der Waals surface area contributed by atoms with Crippen LogP contribution in [0.25, 0.3) is 0 Å². The lowest BCUT2D eigenvalue weighted by atomic mass is 10.0. The predicted octanol–water partition coefficient (Wildman–Crippen LogP) is 2.70. The smallest absolute Gasteiger partial charge is 0.410 e. The summed E-state index contributed by atoms with van der Waals surface area (Å²) in [5.74, 6) is -4.65. The normalized spacial score (nSPS) is 19.1. The van der Waals surface area contributed by atoms with Gasteiger partial charge >= 0.3 is 18.2 Å². The molecule has 16 nitrogen and oxygen atoms in total. The number of ether oxygens (including phenoxy) is 3. The third-order valence-corrected chi connectivity index (χ3v) is 6.91. The fourth-order valence-corrected chi connectivity index (χ4v) is 4.71. The van der Waals surface area contributed by atoms with Gasteiger partial charge in [0.2, 0.25) is 23.5 Å². The number of hydrogen-bond donors (Lipinski definition) is 6. The molecule has 0 spiro atoms. The number of alkyl carbamates (subject to hydrolysis) is 2. The van der Waals surface area contributed by atoms with Crippen molar-refractivity contribution < 1.29 is 48.1 Å². The van der Waals surface area contributed by atoms with Gasteiger partial charge in [-0.3, -0.25) is 30.0 Å². The Hall–Kier alpha value is -5.15. The van der Waals surface area contributed by atoms with Crippen molar-refractivity contribution in [3.63, 3.8) is 0 Å². The largest absolute Gasteiger partial charge is 0.490 e. The highest BCUT2D eigenvalue weighted by Gasteiger charge is 2.37. The highest BCUT2D eigenvalue weighted by atomic mass is 16.6. The molecule has 0 fully saturated rings. The van der Waals surface area contributed by atoms with Gasteiger partial charge in [-0.2, -0.15) is 0 Å². The minimum atomic E-state index is -1.87. The van der Waals surface area contributed by atoms with Gasteiger partial charge in [-0.15, -0.1) is 0 Å². The average Bonchev–Trinajstić information content (AvgIpc) is 2.97. The van der Waals surface area contributed by atoms with E-state index in [0.29, 0.717) is 11.3 Å². The Balaban J connectivity index is 2.43. The van der Waals surface area contributed by atoms with Crippen molar-refractivity contribution in [3.05, 3.63) is 42.0 Å². The van der Waals surface area contributed by atoms with E-state index < -0.39 is 71.0 Å². The highest BCUT2D eigenvalue weighted by molar-refractivity contribution is 5.93. The van der Waals surface area contributed by atoms with Crippen molar-refractivity contribution in [1.82, 2.24) is 26.6 Å². The van der Waals surface area contributed by atoms with Crippen LogP contribution in [0.15, 0.2) is 41.4 Å². The van der Waals surface area contributed by atoms with E-state index in [2.05, 4.69) is 38.3 Å². The molecule has 50 heavy (non-hydrogen) atoms. The monoisotopic (exact) mass is 702 g/mol. The summed E-state index contributed by atoms with van der Waals surface area (Å²) in [6, 6.07) is 3.11. The lowest BCUT2D eigenvalue weighted by Gasteiger charge is -2.33. The Morgan fingerprint density at radius 2 is 1.52 bits per heavy atom. The number of rotatable bonds is 9. The molecule has 0 aliphatic carbocycles. The first-order chi connectivity index (χ1) is 23.2. The van der Waals surface area contributed by atoms with Crippen LogP contribution in [0.2, 0.25) is 0 Å². The number of benzene rings is 1. The molecule has 2 aliphatic heterocycles. The molecule has 276 valence electrons. The summed E-state index contributed by atoms with van der Waals surface area (Å²) in [6.07, 6.45) is 1.02. The molecule has 3 rings (SSSR count). The number of fused-ring (bicyclic) bond motifs is 13. The summed E-state index contributed by atoms with van der Waals surface area (Å²) in [5.41, 5.74) is -1.10. The van der Waals surface area contributed by atoms with Gasteiger partial charge in [-0.1, -0.05) is 24.3 Å². The molecule has 0 unspecified atom stereocenters. The quantitative estimate of drug-likeness (QED) is 0.125. The molecular weight excluding hydrogens is 652 g/mol. The Labute approximate surface area is 292 Å². The van der Waals surface area contributed by atoms with Gasteiger partial charge in [-0.25, -0.2) is 14.4 Å². The fourth-order valence-electron chi connectivity index (χ4n) is 4.71. The third-order valence-electron chi connectivity index (χ3n) is 6.91. The predicted molar refractivity (Wildman–Crippen MR) is 183 cm³/mol. The maximum Gasteiger partial charge on any atom is 0.410 e. The Bertz CT molecular complexity index is 1380. The molecule has 0 radical (unpaired) electrons. The number of hydrogen-bond acceptors (Lipinski definition) is 10. The van der Waals surface area contributed by atoms with Crippen molar-refractivity contribution in [1.29, 1.82) is 0 Å². The summed E-state index contributed by atoms with van der Waals surface area (Å²) in [6.45, 7) is 14.8. The molecule has 16 heteroatoms. The van der Waals surface area contributed by atoms with Gasteiger partial charge in [-0.05, 0) is 85.2 Å². The molecule has 5 amide bonds. The topological polar surface area (TPSA) is 223 Å². The van der Waals surface area contributed by atoms with Gasteiger partial charge in [0.25, 0.3) is 0 Å². The molecule has 0 aromatic heterocycles. The lowest BCUT2D eigenvalue weighted by Crippen LogP contribution is -2.61. The third kappa shape index (κ3) is 15.0. The van der Waals surface area contributed by atoms with Crippen LogP contribution in [0.1, 0.15) is 79.7 Å². The Morgan fingerprint density at radius 3 is 2.02 bits per heavy atom. The Kier molecular flexibility index (Phi) is 14.8. The SMILES string of the molecule is C=NC(CCC[C@@H]1NC(=O)[C@@H](NC(C)=O)Cc2ccc(cc2)OCC=CC[C@@H](C(=O)O)NC1=O)(NC(=O)OC(C)(C)C)NC(=O)OC(C)(C)C. The first-order valence-electron chi connectivity index (χ1n) is 16.2. The standard InChI is InChI=1S/C34H50N6O10/c1-21(41)36-26-20-22-14-16-23(17-15-22)48-19-10-9-12-25(29(44)45)38-27(42)24(37-28(26)43)13-11-18-34(35-8,39-30(46)49-32(2,3)4)40-31(47)50-33(5,6)7/h9-10,14-17,24-26H,8,11-13,18-20H2,1-7H3,(H,36,41)(H,37,43)(H,38,42)(H,39,46)(H,40,47)(H,44,45)/t24-,25-,26-/m0/s1. The van der Waals surface area contributed by atoms with Crippen LogP contribution >= 0.6 is 0 Å². The van der Waals surface area contributed by atoms with Crippen LogP contribution in [-0.2, 0) is 35.1 Å². The summed E-state index contributed by atoms with van der Waals surface area (Å²) in [5, 5.41) is 22.6. The first kappa shape index (κ1) is 41.0. The van der Waals surface area contributed by atoms with Crippen molar-refractivity contribution >= 4 is 42.6 Å². The van der Waals surface area contributed by atoms with Gasteiger partial charge in [0, 0.05) is 19.8 Å². The number of nitrogens with zero attached hydrogens (tertiary/aromatic N) is 1. The van der Waals surface area contributed by atoms with Crippen LogP contribution < -0.4 is 31.3 Å². The van der Waals surface area contributed by atoms with E-state index in [1.54, 1.807) is 78.0 Å². The molecular formula is C34H50N6O10. The molecule has 3 atom stereocenters. The number of nitrogens with one attached hydrogen (secondary N) is 5. The number of carboxylic acid groups (broad SMARTS) is 1. The van der Waals surface area contributed by atoms with Gasteiger partial charge in [0.15, 0.2) is 0 Å². The number of carbonyl (C=O) groups is 6. The molecule has 0 saturated carbocycles. The summed E-state index contributed by atoms with van der Waals surface area (Å²) in [7, 11) is 0.